The first-order valence-electron chi connectivity index (χ1n) is 5.72. The van der Waals surface area contributed by atoms with Crippen molar-refractivity contribution in [3.05, 3.63) is 11.8 Å². The third kappa shape index (κ3) is 2.96. The van der Waals surface area contributed by atoms with E-state index in [2.05, 4.69) is 22.1 Å². The van der Waals surface area contributed by atoms with Crippen LogP contribution in [0.4, 0.5) is 5.82 Å². The molecule has 1 aliphatic rings. The first-order valence-corrected chi connectivity index (χ1v) is 5.72. The summed E-state index contributed by atoms with van der Waals surface area (Å²) in [6.45, 7) is 2.08. The van der Waals surface area contributed by atoms with Gasteiger partial charge in [-0.15, -0.1) is 0 Å². The van der Waals surface area contributed by atoms with Crippen LogP contribution in [-0.4, -0.2) is 28.7 Å². The molecule has 2 rings (SSSR count). The fraction of sp³-hybridized carbons (Fsp3) is 0.727. The van der Waals surface area contributed by atoms with Gasteiger partial charge in [0.05, 0.1) is 5.69 Å². The minimum absolute atomic E-state index is 0.581. The molecular weight excluding hydrogens is 188 g/mol. The number of anilines is 1. The van der Waals surface area contributed by atoms with Gasteiger partial charge in [0.25, 0.3) is 0 Å². The highest BCUT2D eigenvalue weighted by molar-refractivity contribution is 5.28. The first-order chi connectivity index (χ1) is 7.24. The van der Waals surface area contributed by atoms with Crippen LogP contribution >= 0.6 is 0 Å². The molecule has 0 saturated heterocycles. The highest BCUT2D eigenvalue weighted by atomic mass is 15.2. The highest BCUT2D eigenvalue weighted by Crippen LogP contribution is 2.29. The second kappa shape index (κ2) is 4.66. The molecule has 0 unspecified atom stereocenters. The summed E-state index contributed by atoms with van der Waals surface area (Å²) < 4.78 is 0. The molecule has 1 aromatic rings. The number of nitrogens with zero attached hydrogens (tertiary/aromatic N) is 2. The normalized spacial score (nSPS) is 16.9. The first kappa shape index (κ1) is 10.5. The van der Waals surface area contributed by atoms with Crippen LogP contribution in [0, 0.1) is 5.92 Å². The van der Waals surface area contributed by atoms with E-state index < -0.39 is 0 Å². The Kier molecular flexibility index (Phi) is 3.26. The molecule has 1 aliphatic carbocycles. The lowest BCUT2D eigenvalue weighted by atomic mass is 9.83. The van der Waals surface area contributed by atoms with Crippen molar-refractivity contribution in [2.24, 2.45) is 5.92 Å². The minimum atomic E-state index is 0.581. The Balaban J connectivity index is 1.69. The molecule has 0 bridgehead atoms. The zero-order valence-electron chi connectivity index (χ0n) is 9.37. The smallest absolute Gasteiger partial charge is 0.145 e. The highest BCUT2D eigenvalue weighted by Gasteiger charge is 2.17. The summed E-state index contributed by atoms with van der Waals surface area (Å²) in [6, 6.07) is 1.90. The third-order valence-corrected chi connectivity index (χ3v) is 3.23. The molecule has 0 aromatic carbocycles. The predicted octanol–water partition coefficient (Wildman–Crippen LogP) is 1.61. The molecule has 1 aromatic heterocycles. The van der Waals surface area contributed by atoms with Crippen LogP contribution in [0.15, 0.2) is 6.07 Å². The van der Waals surface area contributed by atoms with Crippen LogP contribution in [0.25, 0.3) is 0 Å². The zero-order chi connectivity index (χ0) is 10.7. The van der Waals surface area contributed by atoms with Crippen LogP contribution in [0.2, 0.25) is 0 Å². The van der Waals surface area contributed by atoms with Gasteiger partial charge in [0, 0.05) is 12.6 Å². The lowest BCUT2D eigenvalue weighted by Gasteiger charge is -2.27. The molecule has 0 aliphatic heterocycles. The van der Waals surface area contributed by atoms with Gasteiger partial charge in [-0.25, -0.2) is 0 Å². The Bertz CT molecular complexity index is 303. The number of rotatable bonds is 5. The fourth-order valence-corrected chi connectivity index (χ4v) is 2.01. The van der Waals surface area contributed by atoms with Gasteiger partial charge in [0.1, 0.15) is 5.82 Å². The molecule has 3 N–H and O–H groups in total. The van der Waals surface area contributed by atoms with Crippen LogP contribution in [0.1, 0.15) is 31.4 Å². The molecule has 15 heavy (non-hydrogen) atoms. The van der Waals surface area contributed by atoms with Gasteiger partial charge in [-0.2, -0.15) is 5.10 Å². The summed E-state index contributed by atoms with van der Waals surface area (Å²) >= 11 is 0. The zero-order valence-corrected chi connectivity index (χ0v) is 9.37. The van der Waals surface area contributed by atoms with Gasteiger partial charge in [-0.1, -0.05) is 19.3 Å². The Morgan fingerprint density at radius 3 is 2.93 bits per heavy atom. The fourth-order valence-electron chi connectivity index (χ4n) is 2.01. The monoisotopic (exact) mass is 208 g/mol. The van der Waals surface area contributed by atoms with Crippen molar-refractivity contribution in [1.82, 2.24) is 15.1 Å². The van der Waals surface area contributed by atoms with Gasteiger partial charge in [0.2, 0.25) is 0 Å². The maximum atomic E-state index is 5.55. The van der Waals surface area contributed by atoms with E-state index in [4.69, 9.17) is 5.73 Å². The van der Waals surface area contributed by atoms with E-state index >= 15 is 0 Å². The van der Waals surface area contributed by atoms with Crippen LogP contribution in [0.5, 0.6) is 0 Å². The van der Waals surface area contributed by atoms with Crippen molar-refractivity contribution in [1.29, 1.82) is 0 Å². The molecule has 0 atom stereocenters. The van der Waals surface area contributed by atoms with E-state index in [1.165, 1.54) is 32.2 Å². The number of nitrogens with one attached hydrogen (secondary N) is 1. The molecule has 4 nitrogen and oxygen atoms in total. The molecule has 0 amide bonds. The number of hydrogen-bond acceptors (Lipinski definition) is 3. The molecule has 84 valence electrons. The summed E-state index contributed by atoms with van der Waals surface area (Å²) in [4.78, 5) is 2.32. The summed E-state index contributed by atoms with van der Waals surface area (Å²) in [5.74, 6) is 1.57. The number of nitrogen functional groups attached to an aromatic ring is 1. The third-order valence-electron chi connectivity index (χ3n) is 3.23. The Hall–Kier alpha value is -1.03. The van der Waals surface area contributed by atoms with Crippen molar-refractivity contribution >= 4 is 5.82 Å². The maximum Gasteiger partial charge on any atom is 0.145 e. The summed E-state index contributed by atoms with van der Waals surface area (Å²) in [5, 5.41) is 6.85. The summed E-state index contributed by atoms with van der Waals surface area (Å²) in [7, 11) is 2.15. The van der Waals surface area contributed by atoms with Crippen molar-refractivity contribution < 1.29 is 0 Å². The van der Waals surface area contributed by atoms with Crippen molar-refractivity contribution in [3.8, 4) is 0 Å². The number of nitrogens with two attached hydrogens (primary N) is 1. The summed E-state index contributed by atoms with van der Waals surface area (Å²) in [6.07, 6.45) is 5.64. The molecule has 1 saturated carbocycles. The Labute approximate surface area is 90.8 Å². The van der Waals surface area contributed by atoms with Gasteiger partial charge < -0.3 is 10.6 Å². The Morgan fingerprint density at radius 1 is 1.60 bits per heavy atom. The quantitative estimate of drug-likeness (QED) is 0.773. The molecule has 0 radical (unpaired) electrons. The number of H-pyrrole nitrogens is 1. The van der Waals surface area contributed by atoms with E-state index in [0.717, 1.165) is 18.2 Å². The number of aromatic amines is 1. The van der Waals surface area contributed by atoms with Crippen molar-refractivity contribution in [2.75, 3.05) is 19.3 Å². The second-order valence-electron chi connectivity index (χ2n) is 4.64. The topological polar surface area (TPSA) is 57.9 Å². The molecule has 1 fully saturated rings. The van der Waals surface area contributed by atoms with Crippen LogP contribution < -0.4 is 5.73 Å². The molecular formula is C11H20N4. The van der Waals surface area contributed by atoms with Crippen LogP contribution in [0.3, 0.4) is 0 Å². The molecule has 0 spiro atoms. The van der Waals surface area contributed by atoms with Gasteiger partial charge in [-0.3, -0.25) is 5.10 Å². The van der Waals surface area contributed by atoms with E-state index in [0.29, 0.717) is 5.82 Å². The lowest BCUT2D eigenvalue weighted by molar-refractivity contribution is 0.234. The van der Waals surface area contributed by atoms with Crippen molar-refractivity contribution in [2.45, 2.75) is 32.2 Å². The van der Waals surface area contributed by atoms with E-state index in [1.54, 1.807) is 0 Å². The van der Waals surface area contributed by atoms with Crippen LogP contribution in [-0.2, 0) is 6.54 Å². The average Bonchev–Trinajstić information content (AvgIpc) is 2.48. The van der Waals surface area contributed by atoms with E-state index in [9.17, 15) is 0 Å². The maximum absolute atomic E-state index is 5.55. The average molecular weight is 208 g/mol. The standard InChI is InChI=1S/C11H20N4/c1-15(6-5-9-3-2-4-9)8-10-7-11(12)14-13-10/h7,9H,2-6,8H2,1H3,(H3,12,13,14). The lowest BCUT2D eigenvalue weighted by Crippen LogP contribution is -2.23. The van der Waals surface area contributed by atoms with Gasteiger partial charge in [0.15, 0.2) is 0 Å². The van der Waals surface area contributed by atoms with E-state index in [1.807, 2.05) is 6.07 Å². The second-order valence-corrected chi connectivity index (χ2v) is 4.64. The SMILES string of the molecule is CN(CCC1CCC1)Cc1cc(N)n[nH]1. The van der Waals surface area contributed by atoms with E-state index in [-0.39, 0.29) is 0 Å². The largest absolute Gasteiger partial charge is 0.382 e. The number of aromatic nitrogens is 2. The van der Waals surface area contributed by atoms with Gasteiger partial charge in [-0.05, 0) is 25.9 Å². The Morgan fingerprint density at radius 2 is 2.40 bits per heavy atom. The predicted molar refractivity (Wildman–Crippen MR) is 61.3 cm³/mol. The minimum Gasteiger partial charge on any atom is -0.382 e. The molecule has 4 heteroatoms. The van der Waals surface area contributed by atoms with Gasteiger partial charge >= 0.3 is 0 Å². The number of hydrogen-bond donors (Lipinski definition) is 2. The van der Waals surface area contributed by atoms with Crippen molar-refractivity contribution in [3.63, 3.8) is 0 Å². The summed E-state index contributed by atoms with van der Waals surface area (Å²) in [5.41, 5.74) is 6.65. The molecule has 1 heterocycles.